The Hall–Kier alpha value is -3.40. The maximum absolute atomic E-state index is 11.2. The van der Waals surface area contributed by atoms with Crippen molar-refractivity contribution in [1.82, 2.24) is 5.32 Å². The molecule has 0 aliphatic carbocycles. The number of hydrogen-bond donors (Lipinski definition) is 1. The first kappa shape index (κ1) is 15.1. The summed E-state index contributed by atoms with van der Waals surface area (Å²) in [6.07, 6.45) is 1.01. The molecular formula is C21H15NO3. The first-order chi connectivity index (χ1) is 12.3. The van der Waals surface area contributed by atoms with E-state index in [9.17, 15) is 9.59 Å². The van der Waals surface area contributed by atoms with Crippen LogP contribution in [0.5, 0.6) is 5.75 Å². The van der Waals surface area contributed by atoms with Crippen LogP contribution in [0.15, 0.2) is 78.2 Å². The molecule has 4 rings (SSSR count). The Bertz CT molecular complexity index is 982. The van der Waals surface area contributed by atoms with Crippen molar-refractivity contribution in [3.63, 3.8) is 0 Å². The third-order valence-electron chi connectivity index (χ3n) is 4.36. The first-order valence-corrected chi connectivity index (χ1v) is 7.97. The van der Waals surface area contributed by atoms with Crippen molar-refractivity contribution in [2.24, 2.45) is 0 Å². The summed E-state index contributed by atoms with van der Waals surface area (Å²) >= 11 is 0. The SMILES string of the molecule is O=CC(C=O)=C1NC(c2ccccc2)c2c(ccc3ccccc23)O1. The Morgan fingerprint density at radius 1 is 0.880 bits per heavy atom. The van der Waals surface area contributed by atoms with E-state index >= 15 is 0 Å². The van der Waals surface area contributed by atoms with E-state index < -0.39 is 0 Å². The van der Waals surface area contributed by atoms with Crippen LogP contribution in [0.25, 0.3) is 10.8 Å². The number of allylic oxidation sites excluding steroid dienone is 1. The molecule has 122 valence electrons. The van der Waals surface area contributed by atoms with E-state index in [0.29, 0.717) is 18.3 Å². The fourth-order valence-corrected chi connectivity index (χ4v) is 3.18. The molecule has 0 amide bonds. The van der Waals surface area contributed by atoms with Crippen LogP contribution in [0.2, 0.25) is 0 Å². The van der Waals surface area contributed by atoms with E-state index in [2.05, 4.69) is 5.32 Å². The smallest absolute Gasteiger partial charge is 0.208 e. The van der Waals surface area contributed by atoms with Gasteiger partial charge in [-0.15, -0.1) is 0 Å². The lowest BCUT2D eigenvalue weighted by molar-refractivity contribution is -0.110. The van der Waals surface area contributed by atoms with Crippen molar-refractivity contribution in [2.45, 2.75) is 6.04 Å². The van der Waals surface area contributed by atoms with Gasteiger partial charge in [-0.3, -0.25) is 9.59 Å². The molecule has 0 spiro atoms. The van der Waals surface area contributed by atoms with Crippen molar-refractivity contribution in [3.8, 4) is 5.75 Å². The van der Waals surface area contributed by atoms with Crippen molar-refractivity contribution in [3.05, 3.63) is 89.3 Å². The highest BCUT2D eigenvalue weighted by molar-refractivity contribution is 6.00. The molecular weight excluding hydrogens is 314 g/mol. The minimum absolute atomic E-state index is 0.0419. The van der Waals surface area contributed by atoms with Crippen molar-refractivity contribution in [1.29, 1.82) is 0 Å². The fraction of sp³-hybridized carbons (Fsp3) is 0.0476. The lowest BCUT2D eigenvalue weighted by Gasteiger charge is -2.31. The van der Waals surface area contributed by atoms with Gasteiger partial charge in [0.05, 0.1) is 6.04 Å². The summed E-state index contributed by atoms with van der Waals surface area (Å²) in [5.41, 5.74) is 1.97. The molecule has 3 aromatic carbocycles. The summed E-state index contributed by atoms with van der Waals surface area (Å²) < 4.78 is 5.84. The number of nitrogens with one attached hydrogen (secondary N) is 1. The molecule has 0 radical (unpaired) electrons. The van der Waals surface area contributed by atoms with Gasteiger partial charge in [0.2, 0.25) is 5.88 Å². The van der Waals surface area contributed by atoms with Crippen LogP contribution >= 0.6 is 0 Å². The van der Waals surface area contributed by atoms with Crippen LogP contribution in [-0.2, 0) is 9.59 Å². The average Bonchev–Trinajstić information content (AvgIpc) is 2.69. The molecule has 0 aromatic heterocycles. The number of aldehydes is 2. The molecule has 1 N–H and O–H groups in total. The number of fused-ring (bicyclic) bond motifs is 3. The van der Waals surface area contributed by atoms with Gasteiger partial charge >= 0.3 is 0 Å². The molecule has 0 saturated heterocycles. The molecule has 4 heteroatoms. The zero-order chi connectivity index (χ0) is 17.2. The van der Waals surface area contributed by atoms with Crippen LogP contribution in [0.3, 0.4) is 0 Å². The number of benzene rings is 3. The number of hydrogen-bond acceptors (Lipinski definition) is 4. The van der Waals surface area contributed by atoms with Crippen LogP contribution in [0.4, 0.5) is 0 Å². The highest BCUT2D eigenvalue weighted by Gasteiger charge is 2.28. The Morgan fingerprint density at radius 3 is 2.36 bits per heavy atom. The lowest BCUT2D eigenvalue weighted by Crippen LogP contribution is -2.32. The van der Waals surface area contributed by atoms with Crippen LogP contribution < -0.4 is 10.1 Å². The lowest BCUT2D eigenvalue weighted by atomic mass is 9.92. The molecule has 1 heterocycles. The third kappa shape index (κ3) is 2.58. The van der Waals surface area contributed by atoms with Gasteiger partial charge < -0.3 is 10.1 Å². The molecule has 0 saturated carbocycles. The second-order valence-corrected chi connectivity index (χ2v) is 5.81. The average molecular weight is 329 g/mol. The Labute approximate surface area is 144 Å². The number of carbonyl (C=O) groups is 2. The van der Waals surface area contributed by atoms with Gasteiger partial charge in [-0.05, 0) is 22.4 Å². The summed E-state index contributed by atoms with van der Waals surface area (Å²) in [5, 5.41) is 5.39. The Balaban J connectivity index is 1.99. The maximum atomic E-state index is 11.2. The van der Waals surface area contributed by atoms with Crippen molar-refractivity contribution in [2.75, 3.05) is 0 Å². The van der Waals surface area contributed by atoms with Crippen LogP contribution in [0.1, 0.15) is 17.2 Å². The predicted octanol–water partition coefficient (Wildman–Crippen LogP) is 3.52. The minimum Gasteiger partial charge on any atom is -0.440 e. The summed E-state index contributed by atoms with van der Waals surface area (Å²) in [7, 11) is 0. The Morgan fingerprint density at radius 2 is 1.60 bits per heavy atom. The van der Waals surface area contributed by atoms with E-state index in [1.165, 1.54) is 0 Å². The zero-order valence-corrected chi connectivity index (χ0v) is 13.3. The standard InChI is InChI=1S/C21H15NO3/c23-12-16(13-24)21-22-20(15-7-2-1-3-8-15)19-17-9-5-4-6-14(17)10-11-18(19)25-21/h1-13,20,22H. The highest BCUT2D eigenvalue weighted by atomic mass is 16.5. The number of rotatable bonds is 3. The summed E-state index contributed by atoms with van der Waals surface area (Å²) in [5.74, 6) is 0.823. The van der Waals surface area contributed by atoms with Crippen molar-refractivity contribution >= 4 is 23.3 Å². The molecule has 0 fully saturated rings. The number of ether oxygens (including phenoxy) is 1. The highest BCUT2D eigenvalue weighted by Crippen LogP contribution is 2.40. The summed E-state index contributed by atoms with van der Waals surface area (Å²) in [6, 6.07) is 21.6. The van der Waals surface area contributed by atoms with Gasteiger partial charge in [-0.2, -0.15) is 0 Å². The monoisotopic (exact) mass is 329 g/mol. The van der Waals surface area contributed by atoms with Gasteiger partial charge in [0.25, 0.3) is 0 Å². The predicted molar refractivity (Wildman–Crippen MR) is 95.2 cm³/mol. The summed E-state index contributed by atoms with van der Waals surface area (Å²) in [6.45, 7) is 0. The summed E-state index contributed by atoms with van der Waals surface area (Å²) in [4.78, 5) is 22.4. The van der Waals surface area contributed by atoms with E-state index in [-0.39, 0.29) is 17.5 Å². The molecule has 3 aromatic rings. The second kappa shape index (κ2) is 6.24. The van der Waals surface area contributed by atoms with Gasteiger partial charge in [-0.25, -0.2) is 0 Å². The van der Waals surface area contributed by atoms with E-state index in [0.717, 1.165) is 21.9 Å². The van der Waals surface area contributed by atoms with Crippen LogP contribution in [0, 0.1) is 0 Å². The molecule has 1 aliphatic rings. The zero-order valence-electron chi connectivity index (χ0n) is 13.3. The van der Waals surface area contributed by atoms with Gasteiger partial charge in [0.1, 0.15) is 11.3 Å². The van der Waals surface area contributed by atoms with E-state index in [1.807, 2.05) is 66.7 Å². The topological polar surface area (TPSA) is 55.4 Å². The normalized spacial score (nSPS) is 15.7. The largest absolute Gasteiger partial charge is 0.440 e. The van der Waals surface area contributed by atoms with E-state index in [1.54, 1.807) is 0 Å². The van der Waals surface area contributed by atoms with Gasteiger partial charge in [0.15, 0.2) is 12.6 Å². The van der Waals surface area contributed by atoms with E-state index in [4.69, 9.17) is 4.74 Å². The quantitative estimate of drug-likeness (QED) is 0.346. The maximum Gasteiger partial charge on any atom is 0.208 e. The van der Waals surface area contributed by atoms with Gasteiger partial charge in [-0.1, -0.05) is 60.7 Å². The molecule has 1 unspecified atom stereocenters. The second-order valence-electron chi connectivity index (χ2n) is 5.81. The minimum atomic E-state index is -0.221. The Kier molecular flexibility index (Phi) is 3.78. The molecule has 1 atom stereocenters. The molecule has 1 aliphatic heterocycles. The molecule has 0 bridgehead atoms. The molecule has 4 nitrogen and oxygen atoms in total. The van der Waals surface area contributed by atoms with Crippen LogP contribution in [-0.4, -0.2) is 12.6 Å². The number of carbonyl (C=O) groups excluding carboxylic acids is 2. The first-order valence-electron chi connectivity index (χ1n) is 7.97. The molecule has 25 heavy (non-hydrogen) atoms. The van der Waals surface area contributed by atoms with Crippen molar-refractivity contribution < 1.29 is 14.3 Å². The van der Waals surface area contributed by atoms with Gasteiger partial charge in [0, 0.05) is 5.56 Å². The third-order valence-corrected chi connectivity index (χ3v) is 4.36. The fourth-order valence-electron chi connectivity index (χ4n) is 3.18.